The summed E-state index contributed by atoms with van der Waals surface area (Å²) in [5.41, 5.74) is 3.71. The van der Waals surface area contributed by atoms with E-state index >= 15 is 0 Å². The number of hydrogen-bond acceptors (Lipinski definition) is 2. The highest BCUT2D eigenvalue weighted by molar-refractivity contribution is 9.10. The van der Waals surface area contributed by atoms with Crippen molar-refractivity contribution >= 4 is 44.4 Å². The van der Waals surface area contributed by atoms with Gasteiger partial charge in [-0.3, -0.25) is 15.1 Å². The second-order valence-electron chi connectivity index (χ2n) is 7.39. The van der Waals surface area contributed by atoms with Crippen LogP contribution in [0.4, 0.5) is 10.1 Å². The molecule has 0 unspecified atom stereocenters. The van der Waals surface area contributed by atoms with Crippen LogP contribution in [0.25, 0.3) is 10.9 Å². The summed E-state index contributed by atoms with van der Waals surface area (Å²) in [5, 5.41) is 7.08. The lowest BCUT2D eigenvalue weighted by Crippen LogP contribution is -2.36. The zero-order chi connectivity index (χ0) is 22.5. The van der Waals surface area contributed by atoms with E-state index in [1.165, 1.54) is 6.07 Å². The fraction of sp³-hybridized carbons (Fsp3) is 0.120. The van der Waals surface area contributed by atoms with Gasteiger partial charge >= 0.3 is 0 Å². The standard InChI is InChI=1S/C25H22BrFN4O/c1-16-9-10-17(13-22(16)27)24(32)31-25(30-20-6-4-5-19(26)14-20)28-12-11-18-15-29-23-8-3-2-7-21(18)23/h2-10,13-15,29H,11-12H2,1H3,(H2,28,30,31,32). The Morgan fingerprint density at radius 3 is 2.75 bits per heavy atom. The van der Waals surface area contributed by atoms with E-state index in [9.17, 15) is 9.18 Å². The molecule has 3 aromatic carbocycles. The van der Waals surface area contributed by atoms with Gasteiger partial charge < -0.3 is 10.3 Å². The van der Waals surface area contributed by atoms with Crippen LogP contribution in [0.15, 0.2) is 82.4 Å². The Labute approximate surface area is 193 Å². The quantitative estimate of drug-likeness (QED) is 0.242. The van der Waals surface area contributed by atoms with Gasteiger partial charge in [0.2, 0.25) is 5.96 Å². The maximum absolute atomic E-state index is 13.9. The van der Waals surface area contributed by atoms with Gasteiger partial charge in [0, 0.05) is 39.4 Å². The van der Waals surface area contributed by atoms with Crippen LogP contribution in [0.5, 0.6) is 0 Å². The summed E-state index contributed by atoms with van der Waals surface area (Å²) in [5.74, 6) is -0.554. The van der Waals surface area contributed by atoms with Crippen LogP contribution in [0.1, 0.15) is 21.5 Å². The van der Waals surface area contributed by atoms with Crippen LogP contribution < -0.4 is 10.6 Å². The lowest BCUT2D eigenvalue weighted by Gasteiger charge is -2.12. The number of anilines is 1. The number of aromatic nitrogens is 1. The average Bonchev–Trinajstić information content (AvgIpc) is 3.19. The number of nitrogens with one attached hydrogen (secondary N) is 3. The third kappa shape index (κ3) is 5.23. The van der Waals surface area contributed by atoms with Gasteiger partial charge in [-0.25, -0.2) is 4.39 Å². The van der Waals surface area contributed by atoms with Gasteiger partial charge in [-0.15, -0.1) is 0 Å². The van der Waals surface area contributed by atoms with Crippen molar-refractivity contribution in [1.29, 1.82) is 0 Å². The highest BCUT2D eigenvalue weighted by Gasteiger charge is 2.12. The summed E-state index contributed by atoms with van der Waals surface area (Å²) >= 11 is 3.44. The molecule has 7 heteroatoms. The summed E-state index contributed by atoms with van der Waals surface area (Å²) in [6.07, 6.45) is 2.68. The normalized spacial score (nSPS) is 11.5. The number of amides is 1. The lowest BCUT2D eigenvalue weighted by molar-refractivity contribution is 0.0976. The van der Waals surface area contributed by atoms with E-state index < -0.39 is 11.7 Å². The molecule has 0 saturated heterocycles. The number of aliphatic imine (C=N–C) groups is 1. The first-order valence-corrected chi connectivity index (χ1v) is 11.0. The lowest BCUT2D eigenvalue weighted by atomic mass is 10.1. The van der Waals surface area contributed by atoms with Gasteiger partial charge in [0.15, 0.2) is 0 Å². The molecule has 4 rings (SSSR count). The molecule has 0 aliphatic heterocycles. The summed E-state index contributed by atoms with van der Waals surface area (Å²) < 4.78 is 14.8. The molecular formula is C25H22BrFN4O. The van der Waals surface area contributed by atoms with Crippen LogP contribution in [0, 0.1) is 12.7 Å². The van der Waals surface area contributed by atoms with Crippen molar-refractivity contribution in [2.24, 2.45) is 4.99 Å². The molecule has 5 nitrogen and oxygen atoms in total. The van der Waals surface area contributed by atoms with Crippen molar-refractivity contribution in [2.45, 2.75) is 13.3 Å². The Kier molecular flexibility index (Phi) is 6.66. The zero-order valence-corrected chi connectivity index (χ0v) is 19.0. The van der Waals surface area contributed by atoms with Gasteiger partial charge in [-0.1, -0.05) is 46.3 Å². The number of para-hydroxylation sites is 1. The first kappa shape index (κ1) is 21.8. The average molecular weight is 493 g/mol. The Balaban J connectivity index is 1.53. The second-order valence-corrected chi connectivity index (χ2v) is 8.31. The van der Waals surface area contributed by atoms with Crippen molar-refractivity contribution in [3.8, 4) is 0 Å². The van der Waals surface area contributed by atoms with Crippen molar-refractivity contribution in [1.82, 2.24) is 10.3 Å². The number of benzene rings is 3. The molecule has 1 amide bonds. The minimum Gasteiger partial charge on any atom is -0.361 e. The molecule has 32 heavy (non-hydrogen) atoms. The van der Waals surface area contributed by atoms with Crippen LogP contribution in [0.2, 0.25) is 0 Å². The SMILES string of the molecule is Cc1ccc(C(=O)NC(=NCCc2c[nH]c3ccccc23)Nc2cccc(Br)c2)cc1F. The molecule has 162 valence electrons. The molecule has 0 bridgehead atoms. The molecule has 0 atom stereocenters. The van der Waals surface area contributed by atoms with Crippen LogP contribution in [0.3, 0.4) is 0 Å². The highest BCUT2D eigenvalue weighted by Crippen LogP contribution is 2.18. The molecule has 0 aliphatic rings. The Morgan fingerprint density at radius 1 is 1.09 bits per heavy atom. The number of halogens is 2. The van der Waals surface area contributed by atoms with Crippen molar-refractivity contribution in [3.63, 3.8) is 0 Å². The number of H-pyrrole nitrogens is 1. The fourth-order valence-corrected chi connectivity index (χ4v) is 3.75. The molecule has 1 heterocycles. The highest BCUT2D eigenvalue weighted by atomic mass is 79.9. The third-order valence-electron chi connectivity index (χ3n) is 5.08. The third-order valence-corrected chi connectivity index (χ3v) is 5.57. The smallest absolute Gasteiger partial charge is 0.258 e. The molecule has 4 aromatic rings. The number of rotatable bonds is 5. The first-order valence-electron chi connectivity index (χ1n) is 10.2. The van der Waals surface area contributed by atoms with Gasteiger partial charge in [0.05, 0.1) is 0 Å². The Bertz CT molecular complexity index is 1300. The van der Waals surface area contributed by atoms with Gasteiger partial charge in [0.25, 0.3) is 5.91 Å². The number of carbonyl (C=O) groups is 1. The Hall–Kier alpha value is -3.45. The van der Waals surface area contributed by atoms with Crippen molar-refractivity contribution < 1.29 is 9.18 Å². The monoisotopic (exact) mass is 492 g/mol. The fourth-order valence-electron chi connectivity index (χ4n) is 3.35. The number of hydrogen-bond donors (Lipinski definition) is 3. The van der Waals surface area contributed by atoms with Crippen molar-refractivity contribution in [3.05, 3.63) is 99.9 Å². The molecule has 0 fully saturated rings. The molecule has 1 aromatic heterocycles. The number of aromatic amines is 1. The summed E-state index contributed by atoms with van der Waals surface area (Å²) in [6, 6.07) is 20.0. The Morgan fingerprint density at radius 2 is 1.94 bits per heavy atom. The summed E-state index contributed by atoms with van der Waals surface area (Å²) in [7, 11) is 0. The van der Waals surface area contributed by atoms with E-state index in [0.29, 0.717) is 24.5 Å². The largest absolute Gasteiger partial charge is 0.361 e. The number of guanidine groups is 1. The number of nitrogens with zero attached hydrogens (tertiary/aromatic N) is 1. The predicted molar refractivity (Wildman–Crippen MR) is 131 cm³/mol. The summed E-state index contributed by atoms with van der Waals surface area (Å²) in [4.78, 5) is 20.6. The van der Waals surface area contributed by atoms with E-state index in [-0.39, 0.29) is 5.56 Å². The number of aryl methyl sites for hydroxylation is 1. The molecular weight excluding hydrogens is 471 g/mol. The van der Waals surface area contributed by atoms with E-state index in [0.717, 1.165) is 26.6 Å². The van der Waals surface area contributed by atoms with E-state index in [1.807, 2.05) is 48.7 Å². The molecule has 0 spiro atoms. The van der Waals surface area contributed by atoms with Crippen LogP contribution in [-0.2, 0) is 6.42 Å². The first-order chi connectivity index (χ1) is 15.5. The minimum absolute atomic E-state index is 0.230. The van der Waals surface area contributed by atoms with E-state index in [1.54, 1.807) is 19.1 Å². The molecule has 3 N–H and O–H groups in total. The van der Waals surface area contributed by atoms with Gasteiger partial charge in [-0.2, -0.15) is 0 Å². The second kappa shape index (κ2) is 9.78. The maximum atomic E-state index is 13.9. The van der Waals surface area contributed by atoms with Crippen molar-refractivity contribution in [2.75, 3.05) is 11.9 Å². The van der Waals surface area contributed by atoms with E-state index in [4.69, 9.17) is 0 Å². The predicted octanol–water partition coefficient (Wildman–Crippen LogP) is 5.82. The zero-order valence-electron chi connectivity index (χ0n) is 17.5. The minimum atomic E-state index is -0.433. The molecule has 0 radical (unpaired) electrons. The summed E-state index contributed by atoms with van der Waals surface area (Å²) in [6.45, 7) is 2.12. The molecule has 0 aliphatic carbocycles. The number of carbonyl (C=O) groups excluding carboxylic acids is 1. The van der Waals surface area contributed by atoms with E-state index in [2.05, 4.69) is 42.6 Å². The van der Waals surface area contributed by atoms with Gasteiger partial charge in [-0.05, 0) is 60.9 Å². The maximum Gasteiger partial charge on any atom is 0.258 e. The van der Waals surface area contributed by atoms with Crippen LogP contribution >= 0.6 is 15.9 Å². The van der Waals surface area contributed by atoms with Crippen LogP contribution in [-0.4, -0.2) is 23.4 Å². The topological polar surface area (TPSA) is 69.3 Å². The van der Waals surface area contributed by atoms with Gasteiger partial charge in [0.1, 0.15) is 5.82 Å². The molecule has 0 saturated carbocycles. The number of fused-ring (bicyclic) bond motifs is 1.